The number of sulfonamides is 1. The van der Waals surface area contributed by atoms with E-state index in [1.165, 1.54) is 12.1 Å². The van der Waals surface area contributed by atoms with E-state index >= 15 is 0 Å². The lowest BCUT2D eigenvalue weighted by molar-refractivity contribution is 0.144. The highest BCUT2D eigenvalue weighted by atomic mass is 32.2. The van der Waals surface area contributed by atoms with Gasteiger partial charge < -0.3 is 14.7 Å². The molecule has 2 N–H and O–H groups in total. The van der Waals surface area contributed by atoms with Crippen LogP contribution in [0.4, 0.5) is 14.9 Å². The van der Waals surface area contributed by atoms with Gasteiger partial charge in [-0.25, -0.2) is 17.6 Å². The van der Waals surface area contributed by atoms with Crippen LogP contribution in [0.3, 0.4) is 0 Å². The molecule has 1 aliphatic rings. The van der Waals surface area contributed by atoms with Gasteiger partial charge in [-0.15, -0.1) is 0 Å². The standard InChI is InChI=1S/C25H27FN4O5S/c1-3-29(4-2)14-5-6-17-16-18(26)7-10-23(17)36(33,34)28-21-9-8-19-20(24(21)35-25(31)32)12-15-30-22(19)11-13-27-30/h5-11,13,16,28H,3-4,12,14-15H2,1-2H3,(H,31,32)/b6-5-. The number of aromatic nitrogens is 2. The van der Waals surface area contributed by atoms with Crippen molar-refractivity contribution in [2.75, 3.05) is 24.4 Å². The van der Waals surface area contributed by atoms with E-state index < -0.39 is 22.0 Å². The fraction of sp³-hybridized carbons (Fsp3) is 0.280. The third-order valence-electron chi connectivity index (χ3n) is 6.08. The molecule has 190 valence electrons. The molecule has 1 aliphatic heterocycles. The molecule has 0 unspecified atom stereocenters. The Labute approximate surface area is 208 Å². The summed E-state index contributed by atoms with van der Waals surface area (Å²) in [6, 6.07) is 8.35. The molecule has 3 aromatic rings. The van der Waals surface area contributed by atoms with Gasteiger partial charge in [0.25, 0.3) is 10.0 Å². The van der Waals surface area contributed by atoms with Crippen LogP contribution in [0.15, 0.2) is 53.6 Å². The lowest BCUT2D eigenvalue weighted by atomic mass is 9.97. The predicted molar refractivity (Wildman–Crippen MR) is 134 cm³/mol. The number of benzene rings is 2. The first kappa shape index (κ1) is 25.4. The number of fused-ring (bicyclic) bond motifs is 3. The van der Waals surface area contributed by atoms with E-state index in [1.54, 1.807) is 35.2 Å². The smallest absolute Gasteiger partial charge is 0.449 e. The number of aryl methyl sites for hydroxylation is 1. The molecule has 0 spiro atoms. The van der Waals surface area contributed by atoms with Crippen molar-refractivity contribution in [2.24, 2.45) is 0 Å². The van der Waals surface area contributed by atoms with Crippen molar-refractivity contribution < 1.29 is 27.4 Å². The maximum absolute atomic E-state index is 14.0. The van der Waals surface area contributed by atoms with Crippen LogP contribution in [0.2, 0.25) is 0 Å². The predicted octanol–water partition coefficient (Wildman–Crippen LogP) is 4.46. The number of nitrogens with one attached hydrogen (secondary N) is 1. The summed E-state index contributed by atoms with van der Waals surface area (Å²) in [5.41, 5.74) is 2.20. The lowest BCUT2D eigenvalue weighted by Gasteiger charge is -2.22. The summed E-state index contributed by atoms with van der Waals surface area (Å²) in [5.74, 6) is -0.659. The number of carboxylic acid groups (broad SMARTS) is 1. The SMILES string of the molecule is CCN(CC)C/C=C\c1cc(F)ccc1S(=O)(=O)Nc1ccc2c(c1OC(=O)O)CCn1nccc1-2. The van der Waals surface area contributed by atoms with Gasteiger partial charge in [-0.1, -0.05) is 32.1 Å². The maximum Gasteiger partial charge on any atom is 0.511 e. The number of carbonyl (C=O) groups is 1. The van der Waals surface area contributed by atoms with E-state index in [2.05, 4.69) is 14.7 Å². The van der Waals surface area contributed by atoms with E-state index in [0.29, 0.717) is 30.6 Å². The molecule has 2 heterocycles. The minimum atomic E-state index is -4.23. The molecule has 0 amide bonds. The number of hydrogen-bond acceptors (Lipinski definition) is 6. The summed E-state index contributed by atoms with van der Waals surface area (Å²) in [5, 5.41) is 13.6. The highest BCUT2D eigenvalue weighted by Gasteiger charge is 2.27. The Kier molecular flexibility index (Phi) is 7.41. The molecule has 11 heteroatoms. The molecule has 2 aromatic carbocycles. The van der Waals surface area contributed by atoms with Gasteiger partial charge in [0.1, 0.15) is 5.82 Å². The van der Waals surface area contributed by atoms with E-state index in [9.17, 15) is 22.7 Å². The Hall–Kier alpha value is -3.70. The van der Waals surface area contributed by atoms with Gasteiger partial charge in [0.15, 0.2) is 5.75 Å². The van der Waals surface area contributed by atoms with Crippen LogP contribution in [0.5, 0.6) is 5.75 Å². The monoisotopic (exact) mass is 514 g/mol. The van der Waals surface area contributed by atoms with Crippen molar-refractivity contribution in [1.82, 2.24) is 14.7 Å². The van der Waals surface area contributed by atoms with Crippen molar-refractivity contribution in [3.05, 3.63) is 65.6 Å². The molecule has 0 bridgehead atoms. The van der Waals surface area contributed by atoms with Crippen molar-refractivity contribution in [3.8, 4) is 17.0 Å². The highest BCUT2D eigenvalue weighted by Crippen LogP contribution is 2.41. The lowest BCUT2D eigenvalue weighted by Crippen LogP contribution is -2.22. The zero-order valence-electron chi connectivity index (χ0n) is 19.9. The van der Waals surface area contributed by atoms with Gasteiger partial charge in [-0.05, 0) is 55.4 Å². The molecular weight excluding hydrogens is 487 g/mol. The maximum atomic E-state index is 14.0. The molecule has 9 nitrogen and oxygen atoms in total. The molecule has 1 aromatic heterocycles. The highest BCUT2D eigenvalue weighted by molar-refractivity contribution is 7.92. The minimum Gasteiger partial charge on any atom is -0.449 e. The number of likely N-dealkylation sites (N-methyl/N-ethyl adjacent to an activating group) is 1. The number of hydrogen-bond donors (Lipinski definition) is 2. The van der Waals surface area contributed by atoms with Gasteiger partial charge >= 0.3 is 6.16 Å². The average Bonchev–Trinajstić information content (AvgIpc) is 3.32. The second-order valence-corrected chi connectivity index (χ2v) is 9.85. The zero-order chi connectivity index (χ0) is 25.9. The second kappa shape index (κ2) is 10.5. The van der Waals surface area contributed by atoms with Crippen LogP contribution in [0.1, 0.15) is 25.0 Å². The van der Waals surface area contributed by atoms with Gasteiger partial charge in [0.2, 0.25) is 0 Å². The molecule has 36 heavy (non-hydrogen) atoms. The zero-order valence-corrected chi connectivity index (χ0v) is 20.8. The third kappa shape index (κ3) is 5.26. The normalized spacial score (nSPS) is 13.0. The van der Waals surface area contributed by atoms with Crippen LogP contribution < -0.4 is 9.46 Å². The summed E-state index contributed by atoms with van der Waals surface area (Å²) >= 11 is 0. The summed E-state index contributed by atoms with van der Waals surface area (Å²) in [7, 11) is -4.23. The summed E-state index contributed by atoms with van der Waals surface area (Å²) in [4.78, 5) is 13.5. The molecule has 0 aliphatic carbocycles. The second-order valence-electron chi connectivity index (χ2n) is 8.20. The van der Waals surface area contributed by atoms with E-state index in [4.69, 9.17) is 4.74 Å². The topological polar surface area (TPSA) is 114 Å². The van der Waals surface area contributed by atoms with Crippen LogP contribution in [0, 0.1) is 5.82 Å². The largest absolute Gasteiger partial charge is 0.511 e. The minimum absolute atomic E-state index is 0.0217. The first-order chi connectivity index (χ1) is 17.2. The van der Waals surface area contributed by atoms with Crippen molar-refractivity contribution in [2.45, 2.75) is 31.7 Å². The molecule has 0 radical (unpaired) electrons. The number of ether oxygens (including phenoxy) is 1. The number of rotatable bonds is 9. The Balaban J connectivity index is 1.72. The molecule has 4 rings (SSSR count). The Morgan fingerprint density at radius 3 is 2.75 bits per heavy atom. The summed E-state index contributed by atoms with van der Waals surface area (Å²) in [6.07, 6.45) is 3.82. The summed E-state index contributed by atoms with van der Waals surface area (Å²) < 4.78 is 50.1. The van der Waals surface area contributed by atoms with Gasteiger partial charge in [0, 0.05) is 30.4 Å². The van der Waals surface area contributed by atoms with Crippen molar-refractivity contribution >= 4 is 27.9 Å². The van der Waals surface area contributed by atoms with Gasteiger partial charge in [0.05, 0.1) is 16.3 Å². The van der Waals surface area contributed by atoms with Crippen LogP contribution in [0.25, 0.3) is 17.3 Å². The number of halogens is 1. The molecule has 0 fully saturated rings. The fourth-order valence-corrected chi connectivity index (χ4v) is 5.51. The third-order valence-corrected chi connectivity index (χ3v) is 7.52. The van der Waals surface area contributed by atoms with Crippen LogP contribution in [-0.4, -0.2) is 54.0 Å². The summed E-state index contributed by atoms with van der Waals surface area (Å²) in [6.45, 7) is 6.74. The quantitative estimate of drug-likeness (QED) is 0.320. The van der Waals surface area contributed by atoms with Crippen LogP contribution in [-0.2, 0) is 23.0 Å². The molecular formula is C25H27FN4O5S. The van der Waals surface area contributed by atoms with E-state index in [-0.39, 0.29) is 21.9 Å². The fourth-order valence-electron chi connectivity index (χ4n) is 4.26. The van der Waals surface area contributed by atoms with Crippen LogP contribution >= 0.6 is 0 Å². The van der Waals surface area contributed by atoms with E-state index in [0.717, 1.165) is 30.9 Å². The Morgan fingerprint density at radius 2 is 2.03 bits per heavy atom. The average molecular weight is 515 g/mol. The molecule has 0 atom stereocenters. The van der Waals surface area contributed by atoms with Gasteiger partial charge in [-0.3, -0.25) is 9.40 Å². The Morgan fingerprint density at radius 1 is 1.25 bits per heavy atom. The number of nitrogens with zero attached hydrogens (tertiary/aromatic N) is 3. The number of anilines is 1. The van der Waals surface area contributed by atoms with E-state index in [1.807, 2.05) is 13.8 Å². The molecule has 0 saturated heterocycles. The van der Waals surface area contributed by atoms with Crippen molar-refractivity contribution in [1.29, 1.82) is 0 Å². The van der Waals surface area contributed by atoms with Crippen molar-refractivity contribution in [3.63, 3.8) is 0 Å². The van der Waals surface area contributed by atoms with Gasteiger partial charge in [-0.2, -0.15) is 5.10 Å². The molecule has 0 saturated carbocycles. The first-order valence-electron chi connectivity index (χ1n) is 11.5. The Bertz CT molecular complexity index is 1410. The first-order valence-corrected chi connectivity index (χ1v) is 13.0.